The summed E-state index contributed by atoms with van der Waals surface area (Å²) in [5, 5.41) is 8.54. The van der Waals surface area contributed by atoms with Gasteiger partial charge in [-0.25, -0.2) is 0 Å². The summed E-state index contributed by atoms with van der Waals surface area (Å²) in [5.41, 5.74) is 2.37. The second-order valence-corrected chi connectivity index (χ2v) is 2.98. The predicted molar refractivity (Wildman–Crippen MR) is 55.1 cm³/mol. The van der Waals surface area contributed by atoms with Gasteiger partial charge in [-0.15, -0.1) is 0 Å². The molecule has 1 aromatic rings. The second kappa shape index (κ2) is 5.21. The Bertz CT molecular complexity index is 383. The molecule has 0 fully saturated rings. The van der Waals surface area contributed by atoms with Crippen molar-refractivity contribution in [3.63, 3.8) is 0 Å². The van der Waals surface area contributed by atoms with Crippen molar-refractivity contribution in [1.82, 2.24) is 0 Å². The molecule has 0 aliphatic rings. The first-order valence-corrected chi connectivity index (χ1v) is 4.43. The first-order valence-electron chi connectivity index (χ1n) is 4.43. The summed E-state index contributed by atoms with van der Waals surface area (Å²) in [5.74, 6) is 5.64. The highest BCUT2D eigenvalue weighted by molar-refractivity contribution is 5.79. The van der Waals surface area contributed by atoms with Crippen LogP contribution in [-0.2, 0) is 0 Å². The number of aryl methyl sites for hydroxylation is 1. The fourth-order valence-corrected chi connectivity index (χ4v) is 1.11. The molecule has 1 aromatic carbocycles. The maximum Gasteiger partial charge on any atom is 0.151 e. The minimum Gasteiger partial charge on any atom is -0.395 e. The highest BCUT2D eigenvalue weighted by atomic mass is 16.2. The lowest BCUT2D eigenvalue weighted by Gasteiger charge is -1.97. The molecule has 1 N–H and O–H groups in total. The highest BCUT2D eigenvalue weighted by Crippen LogP contribution is 2.08. The molecule has 0 aliphatic heterocycles. The Morgan fingerprint density at radius 2 is 2.29 bits per heavy atom. The molecular formula is C12H12O2. The molecule has 0 unspecified atom stereocenters. The van der Waals surface area contributed by atoms with Crippen LogP contribution in [0.2, 0.25) is 0 Å². The van der Waals surface area contributed by atoms with Crippen molar-refractivity contribution >= 4 is 6.29 Å². The Labute approximate surface area is 83.6 Å². The van der Waals surface area contributed by atoms with Gasteiger partial charge in [0.15, 0.2) is 6.29 Å². The molecule has 0 aliphatic carbocycles. The number of hydrogen-bond donors (Lipinski definition) is 1. The van der Waals surface area contributed by atoms with E-state index < -0.39 is 0 Å². The summed E-state index contributed by atoms with van der Waals surface area (Å²) in [6.07, 6.45) is 1.24. The molecule has 0 radical (unpaired) electrons. The Kier molecular flexibility index (Phi) is 3.90. The van der Waals surface area contributed by atoms with E-state index in [-0.39, 0.29) is 6.61 Å². The Morgan fingerprint density at radius 1 is 1.50 bits per heavy atom. The fraction of sp³-hybridized carbons (Fsp3) is 0.250. The first-order chi connectivity index (χ1) is 6.77. The van der Waals surface area contributed by atoms with E-state index in [1.54, 1.807) is 6.07 Å². The van der Waals surface area contributed by atoms with Crippen LogP contribution in [-0.4, -0.2) is 18.0 Å². The SMILES string of the molecule is Cc1ccc(C#CCCO)c(C=O)c1. The zero-order valence-corrected chi connectivity index (χ0v) is 8.08. The van der Waals surface area contributed by atoms with E-state index >= 15 is 0 Å². The summed E-state index contributed by atoms with van der Waals surface area (Å²) < 4.78 is 0. The van der Waals surface area contributed by atoms with Crippen molar-refractivity contribution in [2.24, 2.45) is 0 Å². The molecule has 14 heavy (non-hydrogen) atoms. The maximum atomic E-state index is 10.7. The number of carbonyl (C=O) groups is 1. The number of aldehydes is 1. The molecule has 0 atom stereocenters. The number of carbonyl (C=O) groups excluding carboxylic acids is 1. The van der Waals surface area contributed by atoms with Crippen LogP contribution in [0, 0.1) is 18.8 Å². The van der Waals surface area contributed by atoms with Crippen molar-refractivity contribution < 1.29 is 9.90 Å². The van der Waals surface area contributed by atoms with Crippen molar-refractivity contribution in [2.45, 2.75) is 13.3 Å². The fourth-order valence-electron chi connectivity index (χ4n) is 1.11. The highest BCUT2D eigenvalue weighted by Gasteiger charge is 1.97. The summed E-state index contributed by atoms with van der Waals surface area (Å²) in [7, 11) is 0. The number of hydrogen-bond acceptors (Lipinski definition) is 2. The third kappa shape index (κ3) is 2.72. The largest absolute Gasteiger partial charge is 0.395 e. The van der Waals surface area contributed by atoms with Crippen LogP contribution in [0.4, 0.5) is 0 Å². The topological polar surface area (TPSA) is 37.3 Å². The smallest absolute Gasteiger partial charge is 0.151 e. The van der Waals surface area contributed by atoms with Crippen molar-refractivity contribution in [3.8, 4) is 11.8 Å². The average molecular weight is 188 g/mol. The minimum absolute atomic E-state index is 0.0509. The summed E-state index contributed by atoms with van der Waals surface area (Å²) >= 11 is 0. The molecule has 0 aromatic heterocycles. The molecule has 0 saturated heterocycles. The van der Waals surface area contributed by atoms with Crippen LogP contribution in [0.3, 0.4) is 0 Å². The Balaban J connectivity index is 2.98. The van der Waals surface area contributed by atoms with Crippen LogP contribution >= 0.6 is 0 Å². The van der Waals surface area contributed by atoms with E-state index in [1.165, 1.54) is 0 Å². The van der Waals surface area contributed by atoms with E-state index in [9.17, 15) is 4.79 Å². The van der Waals surface area contributed by atoms with Gasteiger partial charge in [0.2, 0.25) is 0 Å². The second-order valence-electron chi connectivity index (χ2n) is 2.98. The lowest BCUT2D eigenvalue weighted by atomic mass is 10.1. The molecule has 0 saturated carbocycles. The molecule has 0 spiro atoms. The quantitative estimate of drug-likeness (QED) is 0.564. The van der Waals surface area contributed by atoms with Gasteiger partial charge in [0.05, 0.1) is 6.61 Å². The average Bonchev–Trinajstić information content (AvgIpc) is 2.20. The van der Waals surface area contributed by atoms with E-state index in [2.05, 4.69) is 11.8 Å². The standard InChI is InChI=1S/C12H12O2/c1-10-5-6-11(4-2-3-7-13)12(8-10)9-14/h5-6,8-9,13H,3,7H2,1H3. The molecular weight excluding hydrogens is 176 g/mol. The van der Waals surface area contributed by atoms with Gasteiger partial charge in [-0.3, -0.25) is 4.79 Å². The Morgan fingerprint density at radius 3 is 2.93 bits per heavy atom. The van der Waals surface area contributed by atoms with Crippen LogP contribution in [0.5, 0.6) is 0 Å². The van der Waals surface area contributed by atoms with Gasteiger partial charge < -0.3 is 5.11 Å². The lowest BCUT2D eigenvalue weighted by molar-refractivity contribution is 0.112. The van der Waals surface area contributed by atoms with Crippen LogP contribution in [0.25, 0.3) is 0 Å². The molecule has 0 amide bonds. The lowest BCUT2D eigenvalue weighted by Crippen LogP contribution is -1.88. The van der Waals surface area contributed by atoms with Gasteiger partial charge >= 0.3 is 0 Å². The molecule has 1 rings (SSSR count). The van der Waals surface area contributed by atoms with Gasteiger partial charge in [-0.05, 0) is 19.1 Å². The summed E-state index contributed by atoms with van der Waals surface area (Å²) in [6, 6.07) is 5.54. The first kappa shape index (κ1) is 10.5. The molecule has 0 bridgehead atoms. The monoisotopic (exact) mass is 188 g/mol. The van der Waals surface area contributed by atoms with Crippen LogP contribution < -0.4 is 0 Å². The zero-order valence-electron chi connectivity index (χ0n) is 8.08. The molecule has 72 valence electrons. The molecule has 2 nitrogen and oxygen atoms in total. The van der Waals surface area contributed by atoms with Gasteiger partial charge in [-0.2, -0.15) is 0 Å². The maximum absolute atomic E-state index is 10.7. The third-order valence-corrected chi connectivity index (χ3v) is 1.79. The Hall–Kier alpha value is -1.59. The van der Waals surface area contributed by atoms with Crippen LogP contribution in [0.1, 0.15) is 27.9 Å². The molecule has 2 heteroatoms. The van der Waals surface area contributed by atoms with Crippen molar-refractivity contribution in [1.29, 1.82) is 0 Å². The summed E-state index contributed by atoms with van der Waals surface area (Å²) in [4.78, 5) is 10.7. The van der Waals surface area contributed by atoms with E-state index in [4.69, 9.17) is 5.11 Å². The minimum atomic E-state index is 0.0509. The zero-order chi connectivity index (χ0) is 10.4. The number of benzene rings is 1. The van der Waals surface area contributed by atoms with Gasteiger partial charge in [0, 0.05) is 17.5 Å². The van der Waals surface area contributed by atoms with Gasteiger partial charge in [0.1, 0.15) is 0 Å². The number of aliphatic hydroxyl groups is 1. The van der Waals surface area contributed by atoms with Crippen molar-refractivity contribution in [2.75, 3.05) is 6.61 Å². The third-order valence-electron chi connectivity index (χ3n) is 1.79. The van der Waals surface area contributed by atoms with E-state index in [1.807, 2.05) is 19.1 Å². The summed E-state index contributed by atoms with van der Waals surface area (Å²) in [6.45, 7) is 1.98. The van der Waals surface area contributed by atoms with Gasteiger partial charge in [0.25, 0.3) is 0 Å². The van der Waals surface area contributed by atoms with E-state index in [0.29, 0.717) is 12.0 Å². The van der Waals surface area contributed by atoms with E-state index in [0.717, 1.165) is 17.4 Å². The van der Waals surface area contributed by atoms with Crippen LogP contribution in [0.15, 0.2) is 18.2 Å². The number of rotatable bonds is 2. The van der Waals surface area contributed by atoms with Crippen molar-refractivity contribution in [3.05, 3.63) is 34.9 Å². The molecule has 0 heterocycles. The number of aliphatic hydroxyl groups excluding tert-OH is 1. The van der Waals surface area contributed by atoms with Gasteiger partial charge in [-0.1, -0.05) is 23.5 Å². The predicted octanol–water partition coefficient (Wildman–Crippen LogP) is 1.54. The normalized spacial score (nSPS) is 9.00.